The van der Waals surface area contributed by atoms with Crippen LogP contribution in [0.2, 0.25) is 0 Å². The summed E-state index contributed by atoms with van der Waals surface area (Å²) in [6.07, 6.45) is 0. The number of nitrogens with two attached hydrogens (primary N) is 1. The number of aromatic hydroxyl groups is 1. The van der Waals surface area contributed by atoms with E-state index in [9.17, 15) is 8.99 Å². The van der Waals surface area contributed by atoms with Gasteiger partial charge in [-0.2, -0.15) is 3.89 Å². The lowest BCUT2D eigenvalue weighted by atomic mass is 10.0. The number of nitrogens with zero attached hydrogens (tertiary/aromatic N) is 1. The second-order valence-electron chi connectivity index (χ2n) is 4.43. The summed E-state index contributed by atoms with van der Waals surface area (Å²) in [5.74, 6) is 0.564. The minimum absolute atomic E-state index is 0.0275. The van der Waals surface area contributed by atoms with Crippen LogP contribution in [0.1, 0.15) is 16.7 Å². The van der Waals surface area contributed by atoms with Gasteiger partial charge in [0, 0.05) is 5.75 Å². The molecule has 0 saturated carbocycles. The highest BCUT2D eigenvalue weighted by Crippen LogP contribution is 2.53. The maximum atomic E-state index is 14.6. The van der Waals surface area contributed by atoms with Gasteiger partial charge in [0.05, 0.1) is 5.88 Å². The van der Waals surface area contributed by atoms with Gasteiger partial charge in [-0.3, -0.25) is 0 Å². The minimum atomic E-state index is -2.47. The summed E-state index contributed by atoms with van der Waals surface area (Å²) in [6, 6.07) is 3.32. The number of hydrogen-bond donors (Lipinski definition) is 2. The van der Waals surface area contributed by atoms with E-state index in [4.69, 9.17) is 5.73 Å². The number of phenolic OH excluding ortho intramolecular Hbond substituents is 1. The summed E-state index contributed by atoms with van der Waals surface area (Å²) >= 11 is 0. The average molecular weight is 260 g/mol. The van der Waals surface area contributed by atoms with Crippen molar-refractivity contribution in [2.45, 2.75) is 19.6 Å². The summed E-state index contributed by atoms with van der Waals surface area (Å²) in [4.78, 5) is 0. The summed E-state index contributed by atoms with van der Waals surface area (Å²) in [6.45, 7) is 3.77. The molecule has 3 nitrogen and oxygen atoms in total. The molecule has 17 heavy (non-hydrogen) atoms. The normalized spacial score (nSPS) is 16.9. The third kappa shape index (κ3) is 3.12. The van der Waals surface area contributed by atoms with Crippen LogP contribution in [0.25, 0.3) is 0 Å². The maximum Gasteiger partial charge on any atom is 0.116 e. The average Bonchev–Trinajstić information content (AvgIpc) is 2.22. The fourth-order valence-electron chi connectivity index (χ4n) is 1.76. The van der Waals surface area contributed by atoms with Crippen LogP contribution >= 0.6 is 10.6 Å². The molecular formula is C12H21FN2OS. The Bertz CT molecular complexity index is 388. The number of benzene rings is 1. The molecule has 0 amide bonds. The molecular weight excluding hydrogens is 239 g/mol. The van der Waals surface area contributed by atoms with Crippen LogP contribution < -0.4 is 5.73 Å². The van der Waals surface area contributed by atoms with Crippen molar-refractivity contribution in [3.05, 3.63) is 28.8 Å². The predicted octanol–water partition coefficient (Wildman–Crippen LogP) is 2.59. The molecule has 1 unspecified atom stereocenters. The predicted molar refractivity (Wildman–Crippen MR) is 72.7 cm³/mol. The largest absolute Gasteiger partial charge is 0.508 e. The molecule has 0 aliphatic heterocycles. The van der Waals surface area contributed by atoms with E-state index >= 15 is 0 Å². The molecule has 3 N–H and O–H groups in total. The van der Waals surface area contributed by atoms with Crippen molar-refractivity contribution >= 4 is 10.6 Å². The molecule has 1 atom stereocenters. The zero-order valence-electron chi connectivity index (χ0n) is 10.8. The third-order valence-electron chi connectivity index (χ3n) is 2.96. The monoisotopic (exact) mass is 260 g/mol. The molecule has 0 fully saturated rings. The van der Waals surface area contributed by atoms with E-state index in [1.807, 2.05) is 13.8 Å². The third-order valence-corrected chi connectivity index (χ3v) is 5.51. The van der Waals surface area contributed by atoms with Gasteiger partial charge in [-0.15, -0.1) is 0 Å². The zero-order chi connectivity index (χ0) is 13.2. The first-order chi connectivity index (χ1) is 7.80. The Balaban J connectivity index is 3.10. The van der Waals surface area contributed by atoms with E-state index in [-0.39, 0.29) is 11.6 Å². The quantitative estimate of drug-likeness (QED) is 0.875. The van der Waals surface area contributed by atoms with E-state index < -0.39 is 10.6 Å². The minimum Gasteiger partial charge on any atom is -0.508 e. The fourth-order valence-corrected chi connectivity index (χ4v) is 3.33. The van der Waals surface area contributed by atoms with Crippen LogP contribution in [0, 0.1) is 13.8 Å². The Hall–Kier alpha value is -0.780. The Morgan fingerprint density at radius 1 is 1.29 bits per heavy atom. The highest BCUT2D eigenvalue weighted by molar-refractivity contribution is 8.26. The molecule has 98 valence electrons. The first-order valence-electron chi connectivity index (χ1n) is 5.45. The molecule has 0 aromatic heterocycles. The van der Waals surface area contributed by atoms with Gasteiger partial charge in [0.1, 0.15) is 5.75 Å². The first-order valence-corrected chi connectivity index (χ1v) is 7.28. The van der Waals surface area contributed by atoms with Gasteiger partial charge in [-0.05, 0) is 67.4 Å². The van der Waals surface area contributed by atoms with E-state index in [2.05, 4.69) is 0 Å². The van der Waals surface area contributed by atoms with Crippen LogP contribution in [0.3, 0.4) is 0 Å². The number of rotatable bonds is 4. The smallest absolute Gasteiger partial charge is 0.116 e. The summed E-state index contributed by atoms with van der Waals surface area (Å²) in [7, 11) is 0.956. The highest BCUT2D eigenvalue weighted by atomic mass is 32.3. The SMILES string of the molecule is Cc1cc(O)cc(C)c1CS(F)(CN)N(C)C. The second-order valence-corrected chi connectivity index (χ2v) is 7.28. The Morgan fingerprint density at radius 3 is 2.12 bits per heavy atom. The molecule has 0 heterocycles. The molecule has 0 spiro atoms. The van der Waals surface area contributed by atoms with Crippen LogP contribution in [-0.2, 0) is 5.75 Å². The Kier molecular flexibility index (Phi) is 4.41. The van der Waals surface area contributed by atoms with Gasteiger partial charge in [0.2, 0.25) is 0 Å². The molecule has 0 saturated heterocycles. The summed E-state index contributed by atoms with van der Waals surface area (Å²) in [5, 5.41) is 9.46. The van der Waals surface area contributed by atoms with E-state index in [1.165, 1.54) is 0 Å². The second kappa shape index (κ2) is 5.25. The van der Waals surface area contributed by atoms with Gasteiger partial charge < -0.3 is 10.8 Å². The Morgan fingerprint density at radius 2 is 1.76 bits per heavy atom. The molecule has 5 heteroatoms. The molecule has 0 radical (unpaired) electrons. The van der Waals surface area contributed by atoms with Crippen LogP contribution in [0.5, 0.6) is 5.75 Å². The van der Waals surface area contributed by atoms with Crippen LogP contribution in [0.15, 0.2) is 12.1 Å². The van der Waals surface area contributed by atoms with Gasteiger partial charge in [-0.25, -0.2) is 4.31 Å². The molecule has 1 aromatic carbocycles. The summed E-state index contributed by atoms with van der Waals surface area (Å²) in [5.41, 5.74) is 8.32. The summed E-state index contributed by atoms with van der Waals surface area (Å²) < 4.78 is 16.2. The molecule has 0 aliphatic rings. The first kappa shape index (κ1) is 14.3. The Labute approximate surface area is 104 Å². The van der Waals surface area contributed by atoms with Crippen LogP contribution in [0.4, 0.5) is 3.89 Å². The topological polar surface area (TPSA) is 49.5 Å². The van der Waals surface area contributed by atoms with Gasteiger partial charge in [0.25, 0.3) is 0 Å². The fraction of sp³-hybridized carbons (Fsp3) is 0.500. The van der Waals surface area contributed by atoms with Crippen molar-refractivity contribution in [1.29, 1.82) is 0 Å². The lowest BCUT2D eigenvalue weighted by Crippen LogP contribution is -2.24. The van der Waals surface area contributed by atoms with Crippen LogP contribution in [-0.4, -0.2) is 29.4 Å². The van der Waals surface area contributed by atoms with Gasteiger partial charge in [-0.1, -0.05) is 0 Å². The van der Waals surface area contributed by atoms with Crippen molar-refractivity contribution in [2.24, 2.45) is 5.73 Å². The van der Waals surface area contributed by atoms with Crippen molar-refractivity contribution in [3.63, 3.8) is 0 Å². The molecule has 1 rings (SSSR count). The van der Waals surface area contributed by atoms with Crippen molar-refractivity contribution < 1.29 is 8.99 Å². The standard InChI is InChI=1S/C12H21FN2OS/c1-9-5-11(16)6-10(2)12(9)7-17(13,8-14)15(3)4/h5-6,16H,7-8,14H2,1-4H3. The van der Waals surface area contributed by atoms with E-state index in [0.29, 0.717) is 5.75 Å². The van der Waals surface area contributed by atoms with Gasteiger partial charge in [0.15, 0.2) is 0 Å². The molecule has 0 aliphatic carbocycles. The van der Waals surface area contributed by atoms with Crippen molar-refractivity contribution in [3.8, 4) is 5.75 Å². The molecule has 0 bridgehead atoms. The highest BCUT2D eigenvalue weighted by Gasteiger charge is 2.26. The van der Waals surface area contributed by atoms with Crippen molar-refractivity contribution in [1.82, 2.24) is 4.31 Å². The maximum absolute atomic E-state index is 14.6. The van der Waals surface area contributed by atoms with E-state index in [1.54, 1.807) is 30.5 Å². The number of aryl methyl sites for hydroxylation is 2. The number of phenols is 1. The van der Waals surface area contributed by atoms with E-state index in [0.717, 1.165) is 16.7 Å². The lowest BCUT2D eigenvalue weighted by Gasteiger charge is -2.36. The van der Waals surface area contributed by atoms with Crippen molar-refractivity contribution in [2.75, 3.05) is 20.0 Å². The molecule has 1 aromatic rings. The van der Waals surface area contributed by atoms with Gasteiger partial charge >= 0.3 is 0 Å². The number of halogens is 1. The zero-order valence-corrected chi connectivity index (χ0v) is 11.6. The lowest BCUT2D eigenvalue weighted by molar-refractivity contribution is 0.474. The number of hydrogen-bond acceptors (Lipinski definition) is 3.